The van der Waals surface area contributed by atoms with Crippen LogP contribution in [-0.4, -0.2) is 29.5 Å². The van der Waals surface area contributed by atoms with Crippen molar-refractivity contribution in [3.63, 3.8) is 0 Å². The molecule has 1 saturated carbocycles. The van der Waals surface area contributed by atoms with E-state index in [-0.39, 0.29) is 12.5 Å². The molecule has 1 aromatic rings. The van der Waals surface area contributed by atoms with Gasteiger partial charge in [-0.15, -0.1) is 0 Å². The quantitative estimate of drug-likeness (QED) is 0.464. The van der Waals surface area contributed by atoms with Crippen LogP contribution in [0.15, 0.2) is 24.3 Å². The lowest BCUT2D eigenvalue weighted by molar-refractivity contribution is -0.120. The third kappa shape index (κ3) is 6.14. The van der Waals surface area contributed by atoms with E-state index in [2.05, 4.69) is 35.3 Å². The van der Waals surface area contributed by atoms with Gasteiger partial charge in [-0.2, -0.15) is 0 Å². The SMILES string of the molecule is C[C@@H]1[C@H](C)CCC[C@H]1NC(=S)NNC(=O)CNC(=O)c1cccc(Cl)c1. The fourth-order valence-electron chi connectivity index (χ4n) is 3.05. The van der Waals surface area contributed by atoms with Gasteiger partial charge in [-0.05, 0) is 48.7 Å². The molecule has 1 fully saturated rings. The number of rotatable bonds is 4. The highest BCUT2D eigenvalue weighted by molar-refractivity contribution is 7.80. The maximum atomic E-state index is 12.0. The molecule has 0 unspecified atom stereocenters. The van der Waals surface area contributed by atoms with Gasteiger partial charge in [-0.1, -0.05) is 44.4 Å². The number of carbonyl (C=O) groups is 2. The van der Waals surface area contributed by atoms with Crippen LogP contribution in [0.25, 0.3) is 0 Å². The Hall–Kier alpha value is -1.86. The van der Waals surface area contributed by atoms with Crippen LogP contribution in [0.1, 0.15) is 43.5 Å². The molecule has 0 heterocycles. The molecule has 2 amide bonds. The van der Waals surface area contributed by atoms with E-state index < -0.39 is 5.91 Å². The Morgan fingerprint density at radius 2 is 2.00 bits per heavy atom. The van der Waals surface area contributed by atoms with Gasteiger partial charge in [0.15, 0.2) is 5.11 Å². The fourth-order valence-corrected chi connectivity index (χ4v) is 3.45. The molecule has 0 saturated heterocycles. The first kappa shape index (κ1) is 20.5. The van der Waals surface area contributed by atoms with E-state index >= 15 is 0 Å². The van der Waals surface area contributed by atoms with Crippen molar-refractivity contribution in [3.05, 3.63) is 34.9 Å². The molecule has 8 heteroatoms. The van der Waals surface area contributed by atoms with Crippen LogP contribution in [0, 0.1) is 11.8 Å². The number of benzene rings is 1. The summed E-state index contributed by atoms with van der Waals surface area (Å²) in [6.07, 6.45) is 3.48. The minimum Gasteiger partial charge on any atom is -0.358 e. The summed E-state index contributed by atoms with van der Waals surface area (Å²) >= 11 is 11.1. The van der Waals surface area contributed by atoms with Gasteiger partial charge >= 0.3 is 0 Å². The Bertz CT molecular complexity index is 670. The molecule has 1 aliphatic carbocycles. The van der Waals surface area contributed by atoms with Crippen LogP contribution >= 0.6 is 23.8 Å². The molecule has 26 heavy (non-hydrogen) atoms. The zero-order chi connectivity index (χ0) is 19.1. The van der Waals surface area contributed by atoms with Crippen LogP contribution in [0.2, 0.25) is 5.02 Å². The van der Waals surface area contributed by atoms with E-state index in [1.807, 2.05) is 0 Å². The average Bonchev–Trinajstić information content (AvgIpc) is 2.61. The number of hydrogen-bond donors (Lipinski definition) is 4. The second-order valence-corrected chi connectivity index (χ2v) is 7.56. The number of thiocarbonyl (C=S) groups is 1. The monoisotopic (exact) mass is 396 g/mol. The highest BCUT2D eigenvalue weighted by Gasteiger charge is 2.27. The van der Waals surface area contributed by atoms with Crippen LogP contribution in [-0.2, 0) is 4.79 Å². The number of hydrazine groups is 1. The van der Waals surface area contributed by atoms with Crippen LogP contribution in [0.4, 0.5) is 0 Å². The van der Waals surface area contributed by atoms with Crippen LogP contribution in [0.3, 0.4) is 0 Å². The van der Waals surface area contributed by atoms with E-state index in [1.165, 1.54) is 12.8 Å². The lowest BCUT2D eigenvalue weighted by atomic mass is 9.78. The Balaban J connectivity index is 1.69. The number of hydrogen-bond acceptors (Lipinski definition) is 3. The third-order valence-electron chi connectivity index (χ3n) is 4.84. The van der Waals surface area contributed by atoms with Crippen molar-refractivity contribution < 1.29 is 9.59 Å². The first-order valence-electron chi connectivity index (χ1n) is 8.76. The van der Waals surface area contributed by atoms with Crippen molar-refractivity contribution >= 4 is 40.7 Å². The summed E-state index contributed by atoms with van der Waals surface area (Å²) < 4.78 is 0. The Morgan fingerprint density at radius 1 is 1.23 bits per heavy atom. The lowest BCUT2D eigenvalue weighted by Gasteiger charge is -2.35. The molecular weight excluding hydrogens is 372 g/mol. The maximum Gasteiger partial charge on any atom is 0.257 e. The molecule has 0 bridgehead atoms. The van der Waals surface area contributed by atoms with Gasteiger partial charge in [0.25, 0.3) is 11.8 Å². The molecule has 0 aliphatic heterocycles. The maximum absolute atomic E-state index is 12.0. The second-order valence-electron chi connectivity index (χ2n) is 6.71. The molecule has 3 atom stereocenters. The number of halogens is 1. The minimum absolute atomic E-state index is 0.169. The molecule has 142 valence electrons. The van der Waals surface area contributed by atoms with E-state index in [0.29, 0.717) is 33.6 Å². The lowest BCUT2D eigenvalue weighted by Crippen LogP contribution is -2.53. The average molecular weight is 397 g/mol. The summed E-state index contributed by atoms with van der Waals surface area (Å²) in [6.45, 7) is 4.30. The van der Waals surface area contributed by atoms with Crippen molar-refractivity contribution in [2.24, 2.45) is 11.8 Å². The van der Waals surface area contributed by atoms with E-state index in [1.54, 1.807) is 24.3 Å². The van der Waals surface area contributed by atoms with Gasteiger partial charge in [-0.25, -0.2) is 0 Å². The van der Waals surface area contributed by atoms with Crippen molar-refractivity contribution in [1.29, 1.82) is 0 Å². The summed E-state index contributed by atoms with van der Waals surface area (Å²) in [4.78, 5) is 23.8. The Labute approximate surface area is 164 Å². The summed E-state index contributed by atoms with van der Waals surface area (Å²) in [5.41, 5.74) is 5.57. The van der Waals surface area contributed by atoms with Gasteiger partial charge < -0.3 is 10.6 Å². The first-order valence-corrected chi connectivity index (χ1v) is 9.54. The van der Waals surface area contributed by atoms with Gasteiger partial charge in [-0.3, -0.25) is 20.4 Å². The highest BCUT2D eigenvalue weighted by atomic mass is 35.5. The number of nitrogens with one attached hydrogen (secondary N) is 4. The minimum atomic E-state index is -0.394. The molecular formula is C18H25ClN4O2S. The van der Waals surface area contributed by atoms with Gasteiger partial charge in [0.2, 0.25) is 0 Å². The zero-order valence-electron chi connectivity index (χ0n) is 15.0. The normalized spacial score (nSPS) is 22.2. The molecule has 0 aromatic heterocycles. The molecule has 0 spiro atoms. The molecule has 6 nitrogen and oxygen atoms in total. The molecule has 1 aromatic carbocycles. The summed E-state index contributed by atoms with van der Waals surface area (Å²) in [5, 5.41) is 6.63. The topological polar surface area (TPSA) is 82.3 Å². The summed E-state index contributed by atoms with van der Waals surface area (Å²) in [6, 6.07) is 6.83. The molecule has 4 N–H and O–H groups in total. The zero-order valence-corrected chi connectivity index (χ0v) is 16.5. The van der Waals surface area contributed by atoms with Crippen molar-refractivity contribution in [3.8, 4) is 0 Å². The number of amides is 2. The first-order chi connectivity index (χ1) is 12.4. The van der Waals surface area contributed by atoms with Crippen molar-refractivity contribution in [2.45, 2.75) is 39.2 Å². The largest absolute Gasteiger partial charge is 0.358 e. The van der Waals surface area contributed by atoms with E-state index in [0.717, 1.165) is 6.42 Å². The molecule has 2 rings (SSSR count). The highest BCUT2D eigenvalue weighted by Crippen LogP contribution is 2.29. The van der Waals surface area contributed by atoms with Crippen LogP contribution in [0.5, 0.6) is 0 Å². The standard InChI is InChI=1S/C18H25ClN4O2S/c1-11-5-3-8-15(12(11)2)21-18(26)23-22-16(24)10-20-17(25)13-6-4-7-14(19)9-13/h4,6-7,9,11-12,15H,3,5,8,10H2,1-2H3,(H,20,25)(H,22,24)(H2,21,23,26)/t11-,12-,15-/m1/s1. The number of carbonyl (C=O) groups excluding carboxylic acids is 2. The van der Waals surface area contributed by atoms with Crippen molar-refractivity contribution in [2.75, 3.05) is 6.54 Å². The predicted molar refractivity (Wildman–Crippen MR) is 107 cm³/mol. The van der Waals surface area contributed by atoms with Gasteiger partial charge in [0, 0.05) is 16.6 Å². The summed E-state index contributed by atoms with van der Waals surface area (Å²) in [5.74, 6) is 0.416. The molecule has 1 aliphatic rings. The summed E-state index contributed by atoms with van der Waals surface area (Å²) in [7, 11) is 0. The van der Waals surface area contributed by atoms with Gasteiger partial charge in [0.1, 0.15) is 0 Å². The van der Waals surface area contributed by atoms with Crippen LogP contribution < -0.4 is 21.5 Å². The van der Waals surface area contributed by atoms with E-state index in [9.17, 15) is 9.59 Å². The molecule has 0 radical (unpaired) electrons. The Morgan fingerprint density at radius 3 is 2.73 bits per heavy atom. The fraction of sp³-hybridized carbons (Fsp3) is 0.500. The van der Waals surface area contributed by atoms with Gasteiger partial charge in [0.05, 0.1) is 6.54 Å². The smallest absolute Gasteiger partial charge is 0.257 e. The van der Waals surface area contributed by atoms with E-state index in [4.69, 9.17) is 23.8 Å². The van der Waals surface area contributed by atoms with Crippen molar-refractivity contribution in [1.82, 2.24) is 21.5 Å². The predicted octanol–water partition coefficient (Wildman–Crippen LogP) is 2.39. The third-order valence-corrected chi connectivity index (χ3v) is 5.29. The second kappa shape index (κ2) is 9.73. The Kier molecular flexibility index (Phi) is 7.66.